The summed E-state index contributed by atoms with van der Waals surface area (Å²) in [5.41, 5.74) is 1.79. The first-order valence-electron chi connectivity index (χ1n) is 11.0. The standard InChI is InChI=1S/C24H30N2O4S/c1-18-5-13-22(14-6-18)31(28,29)25-23-4-2-15-26(23)16-3-17-30-21-11-9-20(10-12-21)24(27)19-7-8-19/h5-6,9-14,19,23,25H,2-4,7-8,15-17H2,1H3. The highest BCUT2D eigenvalue weighted by molar-refractivity contribution is 7.89. The van der Waals surface area contributed by atoms with Gasteiger partial charge in [0.15, 0.2) is 5.78 Å². The number of sulfonamides is 1. The molecule has 1 aliphatic carbocycles. The Morgan fingerprint density at radius 1 is 1.06 bits per heavy atom. The summed E-state index contributed by atoms with van der Waals surface area (Å²) in [4.78, 5) is 14.5. The minimum Gasteiger partial charge on any atom is -0.494 e. The Bertz CT molecular complexity index is 999. The van der Waals surface area contributed by atoms with Crippen LogP contribution in [0, 0.1) is 12.8 Å². The van der Waals surface area contributed by atoms with Crippen molar-refractivity contribution in [2.45, 2.75) is 50.1 Å². The van der Waals surface area contributed by atoms with Gasteiger partial charge in [-0.2, -0.15) is 4.72 Å². The molecular formula is C24H30N2O4S. The van der Waals surface area contributed by atoms with Crippen molar-refractivity contribution >= 4 is 15.8 Å². The van der Waals surface area contributed by atoms with Crippen LogP contribution < -0.4 is 9.46 Å². The number of nitrogens with zero attached hydrogens (tertiary/aromatic N) is 1. The third-order valence-corrected chi connectivity index (χ3v) is 7.41. The first-order valence-corrected chi connectivity index (χ1v) is 12.5. The minimum atomic E-state index is -3.53. The number of Topliss-reactive ketones (excluding diaryl/α,β-unsaturated/α-hetero) is 1. The fourth-order valence-corrected chi connectivity index (χ4v) is 5.20. The number of aryl methyl sites for hydroxylation is 1. The van der Waals surface area contributed by atoms with E-state index >= 15 is 0 Å². The molecule has 0 aromatic heterocycles. The molecule has 0 bridgehead atoms. The normalized spacial score (nSPS) is 19.5. The van der Waals surface area contributed by atoms with Gasteiger partial charge in [0.1, 0.15) is 5.75 Å². The van der Waals surface area contributed by atoms with E-state index in [1.807, 2.05) is 43.3 Å². The SMILES string of the molecule is Cc1ccc(S(=O)(=O)NC2CCCN2CCCOc2ccc(C(=O)C3CC3)cc2)cc1. The molecule has 2 aliphatic rings. The number of ether oxygens (including phenoxy) is 1. The molecule has 1 saturated carbocycles. The average Bonchev–Trinajstić information content (AvgIpc) is 3.52. The predicted octanol–water partition coefficient (Wildman–Crippen LogP) is 3.76. The molecule has 0 amide bonds. The lowest BCUT2D eigenvalue weighted by atomic mass is 10.1. The highest BCUT2D eigenvalue weighted by Crippen LogP contribution is 2.32. The molecule has 31 heavy (non-hydrogen) atoms. The van der Waals surface area contributed by atoms with E-state index < -0.39 is 10.0 Å². The highest BCUT2D eigenvalue weighted by atomic mass is 32.2. The van der Waals surface area contributed by atoms with Gasteiger partial charge in [0.25, 0.3) is 0 Å². The molecule has 1 heterocycles. The smallest absolute Gasteiger partial charge is 0.241 e. The summed E-state index contributed by atoms with van der Waals surface area (Å²) in [6, 6.07) is 14.3. The monoisotopic (exact) mass is 442 g/mol. The second kappa shape index (κ2) is 9.51. The van der Waals surface area contributed by atoms with Crippen molar-refractivity contribution in [3.8, 4) is 5.75 Å². The largest absolute Gasteiger partial charge is 0.494 e. The molecule has 7 heteroatoms. The molecule has 2 fully saturated rings. The first-order chi connectivity index (χ1) is 14.9. The number of likely N-dealkylation sites (tertiary alicyclic amines) is 1. The van der Waals surface area contributed by atoms with Gasteiger partial charge in [-0.05, 0) is 82.0 Å². The van der Waals surface area contributed by atoms with Crippen LogP contribution in [-0.2, 0) is 10.0 Å². The molecule has 166 valence electrons. The number of rotatable bonds is 10. The molecule has 4 rings (SSSR count). The second-order valence-corrected chi connectivity index (χ2v) is 10.2. The number of ketones is 1. The van der Waals surface area contributed by atoms with Crippen LogP contribution in [0.3, 0.4) is 0 Å². The third kappa shape index (κ3) is 5.73. The van der Waals surface area contributed by atoms with Crippen LogP contribution in [0.25, 0.3) is 0 Å². The first kappa shape index (κ1) is 22.0. The zero-order valence-electron chi connectivity index (χ0n) is 17.9. The highest BCUT2D eigenvalue weighted by Gasteiger charge is 2.30. The lowest BCUT2D eigenvalue weighted by Gasteiger charge is -2.25. The van der Waals surface area contributed by atoms with Gasteiger partial charge in [-0.15, -0.1) is 0 Å². The van der Waals surface area contributed by atoms with Crippen molar-refractivity contribution in [2.75, 3.05) is 19.7 Å². The van der Waals surface area contributed by atoms with Crippen LogP contribution in [0.15, 0.2) is 53.4 Å². The quantitative estimate of drug-likeness (QED) is 0.448. The number of carbonyl (C=O) groups excluding carboxylic acids is 1. The van der Waals surface area contributed by atoms with Gasteiger partial charge in [-0.3, -0.25) is 9.69 Å². The van der Waals surface area contributed by atoms with Crippen LogP contribution in [0.2, 0.25) is 0 Å². The summed E-state index contributed by atoms with van der Waals surface area (Å²) in [7, 11) is -3.53. The van der Waals surface area contributed by atoms with E-state index in [0.717, 1.165) is 62.1 Å². The maximum absolute atomic E-state index is 12.7. The van der Waals surface area contributed by atoms with Crippen LogP contribution in [0.5, 0.6) is 5.75 Å². The second-order valence-electron chi connectivity index (χ2n) is 8.49. The zero-order valence-corrected chi connectivity index (χ0v) is 18.7. The molecule has 1 atom stereocenters. The molecule has 2 aromatic rings. The van der Waals surface area contributed by atoms with Gasteiger partial charge >= 0.3 is 0 Å². The fraction of sp³-hybridized carbons (Fsp3) is 0.458. The molecule has 0 spiro atoms. The Labute approximate surface area is 184 Å². The van der Waals surface area contributed by atoms with Gasteiger partial charge in [0.05, 0.1) is 17.7 Å². The van der Waals surface area contributed by atoms with E-state index in [1.165, 1.54) is 0 Å². The van der Waals surface area contributed by atoms with Gasteiger partial charge in [0.2, 0.25) is 10.0 Å². The third-order valence-electron chi connectivity index (χ3n) is 5.93. The molecule has 1 unspecified atom stereocenters. The summed E-state index contributed by atoms with van der Waals surface area (Å²) in [6.45, 7) is 4.12. The number of nitrogens with one attached hydrogen (secondary N) is 1. The van der Waals surface area contributed by atoms with Crippen molar-refractivity contribution in [3.05, 3.63) is 59.7 Å². The Balaban J connectivity index is 1.23. The van der Waals surface area contributed by atoms with E-state index in [0.29, 0.717) is 11.5 Å². The summed E-state index contributed by atoms with van der Waals surface area (Å²) in [5.74, 6) is 1.22. The Hall–Kier alpha value is -2.22. The summed E-state index contributed by atoms with van der Waals surface area (Å²) >= 11 is 0. The molecule has 1 N–H and O–H groups in total. The molecule has 1 aliphatic heterocycles. The molecule has 0 radical (unpaired) electrons. The van der Waals surface area contributed by atoms with Crippen molar-refractivity contribution in [1.29, 1.82) is 0 Å². The van der Waals surface area contributed by atoms with Crippen LogP contribution >= 0.6 is 0 Å². The lowest BCUT2D eigenvalue weighted by Crippen LogP contribution is -2.44. The zero-order chi connectivity index (χ0) is 21.8. The van der Waals surface area contributed by atoms with E-state index in [1.54, 1.807) is 12.1 Å². The Kier molecular flexibility index (Phi) is 6.74. The summed E-state index contributed by atoms with van der Waals surface area (Å²) in [5, 5.41) is 0. The predicted molar refractivity (Wildman–Crippen MR) is 120 cm³/mol. The van der Waals surface area contributed by atoms with E-state index in [4.69, 9.17) is 4.74 Å². The van der Waals surface area contributed by atoms with Gasteiger partial charge in [0, 0.05) is 18.0 Å². The maximum Gasteiger partial charge on any atom is 0.241 e. The van der Waals surface area contributed by atoms with E-state index in [2.05, 4.69) is 9.62 Å². The molecule has 1 saturated heterocycles. The maximum atomic E-state index is 12.7. The fourth-order valence-electron chi connectivity index (χ4n) is 3.95. The summed E-state index contributed by atoms with van der Waals surface area (Å²) in [6.07, 6.45) is 4.41. The number of hydrogen-bond acceptors (Lipinski definition) is 5. The van der Waals surface area contributed by atoms with Crippen LogP contribution in [-0.4, -0.2) is 45.0 Å². The number of benzene rings is 2. The van der Waals surface area contributed by atoms with Crippen LogP contribution in [0.4, 0.5) is 0 Å². The van der Waals surface area contributed by atoms with Crippen molar-refractivity contribution in [2.24, 2.45) is 5.92 Å². The Morgan fingerprint density at radius 3 is 2.45 bits per heavy atom. The molecule has 2 aromatic carbocycles. The lowest BCUT2D eigenvalue weighted by molar-refractivity contribution is 0.0967. The molecule has 6 nitrogen and oxygen atoms in total. The van der Waals surface area contributed by atoms with Crippen molar-refractivity contribution in [3.63, 3.8) is 0 Å². The topological polar surface area (TPSA) is 75.7 Å². The van der Waals surface area contributed by atoms with Gasteiger partial charge < -0.3 is 4.74 Å². The van der Waals surface area contributed by atoms with Crippen molar-refractivity contribution < 1.29 is 17.9 Å². The van der Waals surface area contributed by atoms with Crippen LogP contribution in [0.1, 0.15) is 48.0 Å². The number of hydrogen-bond donors (Lipinski definition) is 1. The minimum absolute atomic E-state index is 0.181. The molecular weight excluding hydrogens is 412 g/mol. The average molecular weight is 443 g/mol. The van der Waals surface area contributed by atoms with Gasteiger partial charge in [-0.1, -0.05) is 17.7 Å². The summed E-state index contributed by atoms with van der Waals surface area (Å²) < 4.78 is 34.1. The van der Waals surface area contributed by atoms with Crippen molar-refractivity contribution in [1.82, 2.24) is 9.62 Å². The van der Waals surface area contributed by atoms with Gasteiger partial charge in [-0.25, -0.2) is 8.42 Å². The Morgan fingerprint density at radius 2 is 1.77 bits per heavy atom. The number of carbonyl (C=O) groups is 1. The van der Waals surface area contributed by atoms with E-state index in [9.17, 15) is 13.2 Å². The van der Waals surface area contributed by atoms with E-state index in [-0.39, 0.29) is 17.9 Å².